The van der Waals surface area contributed by atoms with E-state index in [4.69, 9.17) is 9.84 Å². The van der Waals surface area contributed by atoms with Gasteiger partial charge in [-0.3, -0.25) is 14.9 Å². The number of aliphatic carboxylic acids is 1. The highest BCUT2D eigenvalue weighted by atomic mass is 32.2. The molecule has 7 heteroatoms. The number of carbonyl (C=O) groups is 1. The molecule has 0 heterocycles. The number of hydrogen-bond acceptors (Lipinski definition) is 5. The van der Waals surface area contributed by atoms with Crippen LogP contribution in [0.2, 0.25) is 0 Å². The number of ether oxygens (including phenoxy) is 1. The van der Waals surface area contributed by atoms with Crippen LogP contribution in [0.25, 0.3) is 0 Å². The fourth-order valence-electron chi connectivity index (χ4n) is 1.28. The lowest BCUT2D eigenvalue weighted by molar-refractivity contribution is -0.384. The van der Waals surface area contributed by atoms with Crippen LogP contribution in [0.5, 0.6) is 5.75 Å². The molecular formula is C11H13NO5S. The zero-order valence-electron chi connectivity index (χ0n) is 9.95. The van der Waals surface area contributed by atoms with Gasteiger partial charge in [-0.1, -0.05) is 0 Å². The molecule has 0 spiro atoms. The third kappa shape index (κ3) is 3.63. The molecule has 6 nitrogen and oxygen atoms in total. The molecule has 98 valence electrons. The van der Waals surface area contributed by atoms with E-state index in [-0.39, 0.29) is 5.69 Å². The number of methoxy groups -OCH3 is 1. The van der Waals surface area contributed by atoms with Crippen molar-refractivity contribution in [3.63, 3.8) is 0 Å². The highest BCUT2D eigenvalue weighted by Gasteiger charge is 2.15. The minimum atomic E-state index is -0.913. The normalized spacial score (nSPS) is 11.9. The Labute approximate surface area is 108 Å². The molecule has 1 N–H and O–H groups in total. The summed E-state index contributed by atoms with van der Waals surface area (Å²) >= 11 is 1.19. The lowest BCUT2D eigenvalue weighted by Crippen LogP contribution is -2.11. The van der Waals surface area contributed by atoms with E-state index in [1.54, 1.807) is 6.92 Å². The van der Waals surface area contributed by atoms with Crippen molar-refractivity contribution in [1.29, 1.82) is 0 Å². The van der Waals surface area contributed by atoms with Gasteiger partial charge in [0.25, 0.3) is 5.69 Å². The maximum atomic E-state index is 10.7. The van der Waals surface area contributed by atoms with E-state index in [0.717, 1.165) is 0 Å². The number of carboxylic acid groups (broad SMARTS) is 1. The Morgan fingerprint density at radius 3 is 2.78 bits per heavy atom. The summed E-state index contributed by atoms with van der Waals surface area (Å²) in [6.45, 7) is 1.57. The second kappa shape index (κ2) is 6.25. The van der Waals surface area contributed by atoms with E-state index in [2.05, 4.69) is 0 Å². The second-order valence-corrected chi connectivity index (χ2v) is 4.87. The van der Waals surface area contributed by atoms with E-state index >= 15 is 0 Å². The molecule has 0 saturated carbocycles. The summed E-state index contributed by atoms with van der Waals surface area (Å²) in [5.74, 6) is -0.0479. The Kier molecular flexibility index (Phi) is 4.96. The van der Waals surface area contributed by atoms with Crippen molar-refractivity contribution < 1.29 is 19.6 Å². The van der Waals surface area contributed by atoms with Gasteiger partial charge in [0.15, 0.2) is 0 Å². The molecule has 0 aliphatic carbocycles. The van der Waals surface area contributed by atoms with Gasteiger partial charge in [-0.25, -0.2) is 0 Å². The van der Waals surface area contributed by atoms with Crippen molar-refractivity contribution in [2.45, 2.75) is 17.9 Å². The monoisotopic (exact) mass is 271 g/mol. The first-order chi connectivity index (χ1) is 8.45. The van der Waals surface area contributed by atoms with Crippen LogP contribution in [-0.2, 0) is 10.5 Å². The molecule has 1 aromatic carbocycles. The summed E-state index contributed by atoms with van der Waals surface area (Å²) in [6, 6.07) is 4.27. The summed E-state index contributed by atoms with van der Waals surface area (Å²) in [4.78, 5) is 20.9. The van der Waals surface area contributed by atoms with Gasteiger partial charge in [-0.15, -0.1) is 11.8 Å². The first-order valence-electron chi connectivity index (χ1n) is 5.11. The molecule has 18 heavy (non-hydrogen) atoms. The van der Waals surface area contributed by atoms with Gasteiger partial charge >= 0.3 is 5.97 Å². The summed E-state index contributed by atoms with van der Waals surface area (Å²) in [5.41, 5.74) is 0.583. The average molecular weight is 271 g/mol. The van der Waals surface area contributed by atoms with Gasteiger partial charge < -0.3 is 9.84 Å². The molecule has 0 saturated heterocycles. The number of rotatable bonds is 6. The topological polar surface area (TPSA) is 89.7 Å². The van der Waals surface area contributed by atoms with Crippen molar-refractivity contribution in [3.05, 3.63) is 33.9 Å². The molecule has 0 bridgehead atoms. The molecule has 1 aromatic rings. The highest BCUT2D eigenvalue weighted by molar-refractivity contribution is 7.99. The molecule has 1 rings (SSSR count). The summed E-state index contributed by atoms with van der Waals surface area (Å²) in [7, 11) is 1.47. The van der Waals surface area contributed by atoms with E-state index < -0.39 is 16.1 Å². The predicted molar refractivity (Wildman–Crippen MR) is 68.0 cm³/mol. The van der Waals surface area contributed by atoms with Crippen molar-refractivity contribution >= 4 is 23.4 Å². The van der Waals surface area contributed by atoms with E-state index in [9.17, 15) is 14.9 Å². The number of thioether (sulfide) groups is 1. The number of hydrogen-bond donors (Lipinski definition) is 1. The number of carboxylic acids is 1. The van der Waals surface area contributed by atoms with Crippen LogP contribution in [0.3, 0.4) is 0 Å². The molecule has 1 unspecified atom stereocenters. The van der Waals surface area contributed by atoms with Gasteiger partial charge in [0.2, 0.25) is 0 Å². The van der Waals surface area contributed by atoms with Crippen LogP contribution in [0.1, 0.15) is 12.5 Å². The van der Waals surface area contributed by atoms with E-state index in [1.807, 2.05) is 0 Å². The summed E-state index contributed by atoms with van der Waals surface area (Å²) < 4.78 is 5.09. The Morgan fingerprint density at radius 1 is 1.61 bits per heavy atom. The van der Waals surface area contributed by atoms with Crippen LogP contribution < -0.4 is 4.74 Å². The molecule has 0 aliphatic heterocycles. The zero-order valence-corrected chi connectivity index (χ0v) is 10.8. The third-order valence-corrected chi connectivity index (χ3v) is 3.49. The lowest BCUT2D eigenvalue weighted by atomic mass is 10.2. The Morgan fingerprint density at radius 2 is 2.28 bits per heavy atom. The fraction of sp³-hybridized carbons (Fsp3) is 0.364. The first kappa shape index (κ1) is 14.3. The molecule has 0 aliphatic rings. The first-order valence-corrected chi connectivity index (χ1v) is 6.16. The Hall–Kier alpha value is -1.76. The Bertz CT molecular complexity index is 463. The third-order valence-electron chi connectivity index (χ3n) is 2.31. The van der Waals surface area contributed by atoms with E-state index in [0.29, 0.717) is 17.1 Å². The SMILES string of the molecule is COc1ccc([N+](=O)[O-])cc1CSC(C)C(=O)O. The van der Waals surface area contributed by atoms with Gasteiger partial charge in [0.1, 0.15) is 5.75 Å². The Balaban J connectivity index is 2.88. The number of benzene rings is 1. The average Bonchev–Trinajstić information content (AvgIpc) is 2.35. The van der Waals surface area contributed by atoms with Gasteiger partial charge in [0.05, 0.1) is 17.3 Å². The molecular weight excluding hydrogens is 258 g/mol. The van der Waals surface area contributed by atoms with Gasteiger partial charge in [-0.2, -0.15) is 0 Å². The maximum Gasteiger partial charge on any atom is 0.316 e. The van der Waals surface area contributed by atoms with Crippen LogP contribution in [0, 0.1) is 10.1 Å². The molecule has 1 atom stereocenters. The van der Waals surface area contributed by atoms with Gasteiger partial charge in [0, 0.05) is 23.4 Å². The van der Waals surface area contributed by atoms with Crippen molar-refractivity contribution in [1.82, 2.24) is 0 Å². The maximum absolute atomic E-state index is 10.7. The highest BCUT2D eigenvalue weighted by Crippen LogP contribution is 2.29. The quantitative estimate of drug-likeness (QED) is 0.630. The number of non-ortho nitro benzene ring substituents is 1. The zero-order chi connectivity index (χ0) is 13.7. The van der Waals surface area contributed by atoms with Crippen LogP contribution in [-0.4, -0.2) is 28.4 Å². The van der Waals surface area contributed by atoms with Crippen molar-refractivity contribution in [2.75, 3.05) is 7.11 Å². The predicted octanol–water partition coefficient (Wildman–Crippen LogP) is 2.31. The van der Waals surface area contributed by atoms with Crippen LogP contribution in [0.4, 0.5) is 5.69 Å². The largest absolute Gasteiger partial charge is 0.496 e. The van der Waals surface area contributed by atoms with E-state index in [1.165, 1.54) is 37.1 Å². The molecule has 0 aromatic heterocycles. The lowest BCUT2D eigenvalue weighted by Gasteiger charge is -2.09. The van der Waals surface area contributed by atoms with Crippen molar-refractivity contribution in [2.24, 2.45) is 0 Å². The number of nitro groups is 1. The molecule has 0 amide bonds. The second-order valence-electron chi connectivity index (χ2n) is 3.54. The van der Waals surface area contributed by atoms with Crippen LogP contribution in [0.15, 0.2) is 18.2 Å². The van der Waals surface area contributed by atoms with Crippen LogP contribution >= 0.6 is 11.8 Å². The van der Waals surface area contributed by atoms with Crippen molar-refractivity contribution in [3.8, 4) is 5.75 Å². The smallest absolute Gasteiger partial charge is 0.316 e. The standard InChI is InChI=1S/C11H13NO5S/c1-7(11(13)14)18-6-8-5-9(12(15)16)3-4-10(8)17-2/h3-5,7H,6H2,1-2H3,(H,13,14). The minimum absolute atomic E-state index is 0.0330. The summed E-state index contributed by atoms with van der Waals surface area (Å²) in [5, 5.41) is 18.9. The summed E-state index contributed by atoms with van der Waals surface area (Å²) in [6.07, 6.45) is 0. The van der Waals surface area contributed by atoms with Gasteiger partial charge in [-0.05, 0) is 13.0 Å². The molecule has 0 radical (unpaired) electrons. The molecule has 0 fully saturated rings. The number of nitrogens with zero attached hydrogens (tertiary/aromatic N) is 1. The number of nitro benzene ring substituents is 1. The fourth-order valence-corrected chi connectivity index (χ4v) is 2.08. The minimum Gasteiger partial charge on any atom is -0.496 e.